The number of hydrogen-bond donors (Lipinski definition) is 1. The summed E-state index contributed by atoms with van der Waals surface area (Å²) in [5.74, 6) is -0.285. The summed E-state index contributed by atoms with van der Waals surface area (Å²) >= 11 is 0. The second kappa shape index (κ2) is 8.41. The molecule has 2 heterocycles. The maximum atomic E-state index is 12.4. The molecule has 0 amide bonds. The van der Waals surface area contributed by atoms with Gasteiger partial charge >= 0.3 is 5.97 Å². The Morgan fingerprint density at radius 1 is 1.21 bits per heavy atom. The molecule has 0 saturated carbocycles. The van der Waals surface area contributed by atoms with Crippen LogP contribution >= 0.6 is 0 Å². The van der Waals surface area contributed by atoms with E-state index in [1.165, 1.54) is 48.8 Å². The molecule has 1 N–H and O–H groups in total. The van der Waals surface area contributed by atoms with Crippen LogP contribution in [0.25, 0.3) is 5.65 Å². The number of nitrogens with one attached hydrogen (secondary N) is 1. The zero-order valence-corrected chi connectivity index (χ0v) is 16.5. The first-order valence-electron chi connectivity index (χ1n) is 8.60. The first-order chi connectivity index (χ1) is 13.8. The fraction of sp³-hybridized carbons (Fsp3) is 0.211. The maximum Gasteiger partial charge on any atom is 0.324 e. The third kappa shape index (κ3) is 4.79. The SMILES string of the molecule is COc1ccc(S(=O)(=O)N[C@@H](C)C(=O)OCc2cc(=O)n3ccccc3n2)cc1. The maximum absolute atomic E-state index is 12.4. The number of nitrogens with zero attached hydrogens (tertiary/aromatic N) is 2. The van der Waals surface area contributed by atoms with Gasteiger partial charge in [-0.1, -0.05) is 6.07 Å². The van der Waals surface area contributed by atoms with Gasteiger partial charge in [0.15, 0.2) is 0 Å². The molecule has 0 saturated heterocycles. The van der Waals surface area contributed by atoms with Crippen LogP contribution in [-0.2, 0) is 26.2 Å². The van der Waals surface area contributed by atoms with E-state index in [4.69, 9.17) is 9.47 Å². The van der Waals surface area contributed by atoms with Crippen LogP contribution in [0, 0.1) is 0 Å². The standard InChI is InChI=1S/C19H19N3O6S/c1-13(21-29(25,26)16-8-6-15(27-2)7-9-16)19(24)28-12-14-11-18(23)22-10-4-3-5-17(22)20-14/h3-11,13,21H,12H2,1-2H3/t13-/m0/s1. The summed E-state index contributed by atoms with van der Waals surface area (Å²) in [5, 5.41) is 0. The van der Waals surface area contributed by atoms with Crippen LogP contribution < -0.4 is 15.0 Å². The molecule has 152 valence electrons. The van der Waals surface area contributed by atoms with E-state index in [1.54, 1.807) is 24.4 Å². The molecule has 0 unspecified atom stereocenters. The summed E-state index contributed by atoms with van der Waals surface area (Å²) in [6, 6.07) is 10.9. The zero-order valence-electron chi connectivity index (χ0n) is 15.7. The minimum Gasteiger partial charge on any atom is -0.497 e. The van der Waals surface area contributed by atoms with Crippen molar-refractivity contribution in [1.29, 1.82) is 0 Å². The van der Waals surface area contributed by atoms with Crippen molar-refractivity contribution in [3.05, 3.63) is 70.8 Å². The summed E-state index contributed by atoms with van der Waals surface area (Å²) in [7, 11) is -2.45. The van der Waals surface area contributed by atoms with Gasteiger partial charge in [0, 0.05) is 12.3 Å². The van der Waals surface area contributed by atoms with Crippen LogP contribution in [0.3, 0.4) is 0 Å². The summed E-state index contributed by atoms with van der Waals surface area (Å²) < 4.78 is 38.5. The number of fused-ring (bicyclic) bond motifs is 1. The van der Waals surface area contributed by atoms with Gasteiger partial charge in [0.25, 0.3) is 5.56 Å². The summed E-state index contributed by atoms with van der Waals surface area (Å²) in [4.78, 5) is 28.5. The Kier molecular flexibility index (Phi) is 5.95. The normalized spacial score (nSPS) is 12.5. The molecular weight excluding hydrogens is 398 g/mol. The minimum absolute atomic E-state index is 0.0119. The highest BCUT2D eigenvalue weighted by Gasteiger charge is 2.23. The molecule has 0 aliphatic rings. The number of pyridine rings is 1. The molecule has 0 spiro atoms. The fourth-order valence-electron chi connectivity index (χ4n) is 2.55. The number of hydrogen-bond acceptors (Lipinski definition) is 7. The Morgan fingerprint density at radius 3 is 2.62 bits per heavy atom. The van der Waals surface area contributed by atoms with Crippen LogP contribution in [0.15, 0.2) is 64.4 Å². The van der Waals surface area contributed by atoms with Crippen molar-refractivity contribution in [1.82, 2.24) is 14.1 Å². The van der Waals surface area contributed by atoms with Crippen LogP contribution in [0.2, 0.25) is 0 Å². The lowest BCUT2D eigenvalue weighted by molar-refractivity contribution is -0.146. The number of ether oxygens (including phenoxy) is 2. The number of aromatic nitrogens is 2. The van der Waals surface area contributed by atoms with E-state index in [0.717, 1.165) is 0 Å². The van der Waals surface area contributed by atoms with E-state index in [-0.39, 0.29) is 22.8 Å². The van der Waals surface area contributed by atoms with Gasteiger partial charge in [-0.3, -0.25) is 14.0 Å². The molecule has 0 radical (unpaired) electrons. The number of esters is 1. The lowest BCUT2D eigenvalue weighted by Gasteiger charge is -2.14. The van der Waals surface area contributed by atoms with Crippen molar-refractivity contribution < 1.29 is 22.7 Å². The Bertz CT molecular complexity index is 1190. The van der Waals surface area contributed by atoms with Crippen molar-refractivity contribution in [2.24, 2.45) is 0 Å². The average Bonchev–Trinajstić information content (AvgIpc) is 2.71. The first-order valence-corrected chi connectivity index (χ1v) is 10.1. The highest BCUT2D eigenvalue weighted by Crippen LogP contribution is 2.15. The van der Waals surface area contributed by atoms with Crippen molar-refractivity contribution in [2.75, 3.05) is 7.11 Å². The zero-order chi connectivity index (χ0) is 21.0. The van der Waals surface area contributed by atoms with Crippen molar-refractivity contribution in [3.8, 4) is 5.75 Å². The summed E-state index contributed by atoms with van der Waals surface area (Å²) in [5.41, 5.74) is 0.369. The summed E-state index contributed by atoms with van der Waals surface area (Å²) in [6.07, 6.45) is 1.58. The van der Waals surface area contributed by atoms with Crippen LogP contribution in [-0.4, -0.2) is 36.9 Å². The van der Waals surface area contributed by atoms with E-state index in [9.17, 15) is 18.0 Å². The molecule has 3 aromatic rings. The molecule has 0 aliphatic heterocycles. The van der Waals surface area contributed by atoms with Gasteiger partial charge in [0.2, 0.25) is 10.0 Å². The molecule has 9 nitrogen and oxygen atoms in total. The van der Waals surface area contributed by atoms with E-state index in [1.807, 2.05) is 0 Å². The molecule has 1 atom stereocenters. The smallest absolute Gasteiger partial charge is 0.324 e. The van der Waals surface area contributed by atoms with E-state index >= 15 is 0 Å². The fourth-order valence-corrected chi connectivity index (χ4v) is 3.74. The quantitative estimate of drug-likeness (QED) is 0.573. The van der Waals surface area contributed by atoms with Gasteiger partial charge in [-0.2, -0.15) is 4.72 Å². The minimum atomic E-state index is -3.92. The largest absolute Gasteiger partial charge is 0.497 e. The van der Waals surface area contributed by atoms with E-state index in [2.05, 4.69) is 9.71 Å². The molecule has 0 bridgehead atoms. The predicted octanol–water partition coefficient (Wildman–Crippen LogP) is 1.11. The van der Waals surface area contributed by atoms with Gasteiger partial charge in [-0.15, -0.1) is 0 Å². The monoisotopic (exact) mass is 417 g/mol. The second-order valence-corrected chi connectivity index (χ2v) is 7.85. The van der Waals surface area contributed by atoms with Crippen LogP contribution in [0.1, 0.15) is 12.6 Å². The third-order valence-electron chi connectivity index (χ3n) is 4.04. The number of rotatable bonds is 7. The predicted molar refractivity (Wildman–Crippen MR) is 104 cm³/mol. The van der Waals surface area contributed by atoms with E-state index < -0.39 is 22.0 Å². The second-order valence-electron chi connectivity index (χ2n) is 6.14. The van der Waals surface area contributed by atoms with Crippen LogP contribution in [0.4, 0.5) is 0 Å². The molecule has 29 heavy (non-hydrogen) atoms. The number of carbonyl (C=O) groups excluding carboxylic acids is 1. The highest BCUT2D eigenvalue weighted by atomic mass is 32.2. The molecule has 3 rings (SSSR count). The number of carbonyl (C=O) groups is 1. The molecular formula is C19H19N3O6S. The van der Waals surface area contributed by atoms with Crippen molar-refractivity contribution >= 4 is 21.6 Å². The number of benzene rings is 1. The Balaban J connectivity index is 1.65. The number of sulfonamides is 1. The van der Waals surface area contributed by atoms with Gasteiger partial charge in [0.1, 0.15) is 24.0 Å². The molecule has 0 fully saturated rings. The van der Waals surface area contributed by atoms with Crippen LogP contribution in [0.5, 0.6) is 5.75 Å². The Morgan fingerprint density at radius 2 is 1.93 bits per heavy atom. The van der Waals surface area contributed by atoms with Crippen molar-refractivity contribution in [3.63, 3.8) is 0 Å². The molecule has 0 aliphatic carbocycles. The molecule has 10 heteroatoms. The lowest BCUT2D eigenvalue weighted by Crippen LogP contribution is -2.39. The lowest BCUT2D eigenvalue weighted by atomic mass is 10.3. The number of methoxy groups -OCH3 is 1. The summed E-state index contributed by atoms with van der Waals surface area (Å²) in [6.45, 7) is 1.11. The van der Waals surface area contributed by atoms with Gasteiger partial charge in [0.05, 0.1) is 17.7 Å². The van der Waals surface area contributed by atoms with E-state index in [0.29, 0.717) is 11.4 Å². The van der Waals surface area contributed by atoms with Crippen molar-refractivity contribution in [2.45, 2.75) is 24.5 Å². The third-order valence-corrected chi connectivity index (χ3v) is 5.60. The average molecular weight is 417 g/mol. The Labute approximate surface area is 167 Å². The van der Waals surface area contributed by atoms with Gasteiger partial charge < -0.3 is 9.47 Å². The Hall–Kier alpha value is -3.24. The highest BCUT2D eigenvalue weighted by molar-refractivity contribution is 7.89. The van der Waals surface area contributed by atoms with Gasteiger partial charge in [-0.05, 0) is 43.3 Å². The molecule has 1 aromatic carbocycles. The topological polar surface area (TPSA) is 116 Å². The molecule has 2 aromatic heterocycles. The van der Waals surface area contributed by atoms with Gasteiger partial charge in [-0.25, -0.2) is 13.4 Å². The first kappa shape index (κ1) is 20.5.